The second-order valence-electron chi connectivity index (χ2n) is 12.1. The van der Waals surface area contributed by atoms with Crippen molar-refractivity contribution in [3.05, 3.63) is 47.0 Å². The second kappa shape index (κ2) is 16.8. The van der Waals surface area contributed by atoms with Gasteiger partial charge in [0.2, 0.25) is 11.9 Å². The van der Waals surface area contributed by atoms with Crippen molar-refractivity contribution in [1.82, 2.24) is 20.2 Å². The van der Waals surface area contributed by atoms with Crippen LogP contribution in [0.5, 0.6) is 5.75 Å². The molecule has 1 aromatic heterocycles. The van der Waals surface area contributed by atoms with E-state index in [2.05, 4.69) is 20.2 Å². The number of ether oxygens (including phenoxy) is 1. The molecule has 0 radical (unpaired) electrons. The van der Waals surface area contributed by atoms with Gasteiger partial charge in [-0.25, -0.2) is 14.4 Å². The summed E-state index contributed by atoms with van der Waals surface area (Å²) in [5, 5.41) is 52.2. The lowest BCUT2D eigenvalue weighted by atomic mass is 9.91. The van der Waals surface area contributed by atoms with Gasteiger partial charge in [-0.2, -0.15) is 0 Å². The minimum Gasteiger partial charge on any atom is -0.493 e. The standard InChI is InChI=1S/C31H45ClFN5O7/c32-23-16-35-30(36-17-23)38-9-5-21(6-10-38)2-1-13-45-24-4-3-22(25(33)15-24)14-28(42)37-11-7-31(44,8-12-37)20-34-18-26(40)29(43)27(41)19-39/h3-4,15-17,21,26-27,29,34,39-41,43-44H,1-2,5-14,18-20H2/t26-,27+,29-/m0/s1. The lowest BCUT2D eigenvalue weighted by Gasteiger charge is -2.38. The largest absolute Gasteiger partial charge is 0.493 e. The molecule has 0 aliphatic carbocycles. The molecule has 2 aliphatic rings. The number of hydrogen-bond donors (Lipinski definition) is 6. The van der Waals surface area contributed by atoms with E-state index < -0.39 is 36.3 Å². The van der Waals surface area contributed by atoms with Crippen molar-refractivity contribution in [2.45, 2.75) is 68.9 Å². The van der Waals surface area contributed by atoms with Gasteiger partial charge < -0.3 is 45.4 Å². The van der Waals surface area contributed by atoms with Gasteiger partial charge in [-0.15, -0.1) is 0 Å². The van der Waals surface area contributed by atoms with Crippen LogP contribution in [0.4, 0.5) is 10.3 Å². The summed E-state index contributed by atoms with van der Waals surface area (Å²) in [7, 11) is 0. The number of halogens is 2. The number of carbonyl (C=O) groups excluding carboxylic acids is 1. The first-order valence-corrected chi connectivity index (χ1v) is 15.9. The highest BCUT2D eigenvalue weighted by Gasteiger charge is 2.34. The van der Waals surface area contributed by atoms with Gasteiger partial charge in [0.15, 0.2) is 0 Å². The van der Waals surface area contributed by atoms with Crippen molar-refractivity contribution in [2.75, 3.05) is 57.4 Å². The quantitative estimate of drug-likeness (QED) is 0.151. The molecule has 3 atom stereocenters. The number of nitrogens with zero attached hydrogens (tertiary/aromatic N) is 4. The maximum absolute atomic E-state index is 14.8. The molecule has 0 saturated carbocycles. The fraction of sp³-hybridized carbons (Fsp3) is 0.645. The van der Waals surface area contributed by atoms with Crippen LogP contribution >= 0.6 is 11.6 Å². The van der Waals surface area contributed by atoms with E-state index in [1.807, 2.05) is 0 Å². The number of aromatic nitrogens is 2. The molecule has 2 aromatic rings. The van der Waals surface area contributed by atoms with Crippen LogP contribution in [0.2, 0.25) is 5.02 Å². The van der Waals surface area contributed by atoms with E-state index in [0.29, 0.717) is 42.3 Å². The fourth-order valence-electron chi connectivity index (χ4n) is 5.78. The molecule has 3 heterocycles. The molecule has 4 rings (SSSR count). The molecule has 45 heavy (non-hydrogen) atoms. The molecule has 0 bridgehead atoms. The summed E-state index contributed by atoms with van der Waals surface area (Å²) < 4.78 is 20.6. The Bertz CT molecular complexity index is 1210. The van der Waals surface area contributed by atoms with Crippen molar-refractivity contribution in [3.63, 3.8) is 0 Å². The van der Waals surface area contributed by atoms with Crippen LogP contribution in [0.3, 0.4) is 0 Å². The normalized spacial score (nSPS) is 19.3. The minimum absolute atomic E-state index is 0.0937. The smallest absolute Gasteiger partial charge is 0.227 e. The number of amides is 1. The number of aliphatic hydroxyl groups excluding tert-OH is 4. The van der Waals surface area contributed by atoms with Gasteiger partial charge >= 0.3 is 0 Å². The highest BCUT2D eigenvalue weighted by molar-refractivity contribution is 6.30. The summed E-state index contributed by atoms with van der Waals surface area (Å²) in [4.78, 5) is 25.2. The molecule has 0 unspecified atom stereocenters. The summed E-state index contributed by atoms with van der Waals surface area (Å²) >= 11 is 5.88. The van der Waals surface area contributed by atoms with Crippen LogP contribution in [-0.2, 0) is 11.2 Å². The number of aliphatic hydroxyl groups is 5. The topological polar surface area (TPSA) is 172 Å². The lowest BCUT2D eigenvalue weighted by molar-refractivity contribution is -0.134. The number of nitrogens with one attached hydrogen (secondary N) is 1. The zero-order chi connectivity index (χ0) is 32.4. The third kappa shape index (κ3) is 10.4. The van der Waals surface area contributed by atoms with E-state index in [0.717, 1.165) is 38.8 Å². The molecule has 1 amide bonds. The van der Waals surface area contributed by atoms with Gasteiger partial charge in [0.1, 0.15) is 23.8 Å². The predicted octanol–water partition coefficient (Wildman–Crippen LogP) is 0.905. The highest BCUT2D eigenvalue weighted by Crippen LogP contribution is 2.26. The number of hydrogen-bond acceptors (Lipinski definition) is 11. The third-order valence-corrected chi connectivity index (χ3v) is 8.92. The van der Waals surface area contributed by atoms with Crippen molar-refractivity contribution < 1.29 is 39.5 Å². The monoisotopic (exact) mass is 653 g/mol. The van der Waals surface area contributed by atoms with E-state index in [1.165, 1.54) is 6.07 Å². The maximum atomic E-state index is 14.8. The molecule has 0 spiro atoms. The van der Waals surface area contributed by atoms with Crippen molar-refractivity contribution >= 4 is 23.5 Å². The molecule has 12 nitrogen and oxygen atoms in total. The number of piperidine rings is 2. The molecular weight excluding hydrogens is 609 g/mol. The third-order valence-electron chi connectivity index (χ3n) is 8.73. The Morgan fingerprint density at radius 3 is 2.44 bits per heavy atom. The summed E-state index contributed by atoms with van der Waals surface area (Å²) in [5.74, 6) is 0.988. The van der Waals surface area contributed by atoms with Gasteiger partial charge in [0.05, 0.1) is 48.8 Å². The highest BCUT2D eigenvalue weighted by atomic mass is 35.5. The molecule has 2 saturated heterocycles. The van der Waals surface area contributed by atoms with Crippen LogP contribution in [-0.4, -0.2) is 123 Å². The Morgan fingerprint density at radius 1 is 1.11 bits per heavy atom. The first-order chi connectivity index (χ1) is 21.6. The molecule has 1 aromatic carbocycles. The van der Waals surface area contributed by atoms with Gasteiger partial charge in [-0.1, -0.05) is 17.7 Å². The average molecular weight is 654 g/mol. The van der Waals surface area contributed by atoms with Crippen LogP contribution in [0.1, 0.15) is 44.1 Å². The van der Waals surface area contributed by atoms with E-state index in [9.17, 15) is 29.6 Å². The SMILES string of the molecule is O=C(Cc1ccc(OCCCC2CCN(c3ncc(Cl)cn3)CC2)cc1F)N1CCC(O)(CNC[C@H](O)[C@H](O)[C@H](O)CO)CC1. The fourth-order valence-corrected chi connectivity index (χ4v) is 5.87. The number of carbonyl (C=O) groups is 1. The van der Waals surface area contributed by atoms with E-state index in [1.54, 1.807) is 29.4 Å². The van der Waals surface area contributed by atoms with Gasteiger partial charge in [-0.05, 0) is 56.1 Å². The van der Waals surface area contributed by atoms with Crippen molar-refractivity contribution in [3.8, 4) is 5.75 Å². The zero-order valence-corrected chi connectivity index (χ0v) is 26.2. The van der Waals surface area contributed by atoms with Crippen LogP contribution in [0.15, 0.2) is 30.6 Å². The van der Waals surface area contributed by atoms with Gasteiger partial charge in [0.25, 0.3) is 0 Å². The minimum atomic E-state index is -1.52. The first kappa shape index (κ1) is 35.2. The Balaban J connectivity index is 1.12. The summed E-state index contributed by atoms with van der Waals surface area (Å²) in [6.07, 6.45) is 3.36. The molecule has 6 N–H and O–H groups in total. The van der Waals surface area contributed by atoms with E-state index >= 15 is 0 Å². The van der Waals surface area contributed by atoms with E-state index in [-0.39, 0.29) is 43.8 Å². The van der Waals surface area contributed by atoms with Gasteiger partial charge in [0, 0.05) is 45.3 Å². The van der Waals surface area contributed by atoms with Crippen LogP contribution < -0.4 is 15.0 Å². The molecular formula is C31H45ClFN5O7. The Morgan fingerprint density at radius 2 is 1.80 bits per heavy atom. The maximum Gasteiger partial charge on any atom is 0.227 e. The Hall–Kier alpha value is -2.65. The number of rotatable bonds is 15. The first-order valence-electron chi connectivity index (χ1n) is 15.6. The summed E-state index contributed by atoms with van der Waals surface area (Å²) in [5.41, 5.74) is -0.839. The Labute approximate surface area is 267 Å². The second-order valence-corrected chi connectivity index (χ2v) is 12.5. The Kier molecular flexibility index (Phi) is 13.1. The molecule has 250 valence electrons. The van der Waals surface area contributed by atoms with Crippen molar-refractivity contribution in [2.24, 2.45) is 5.92 Å². The zero-order valence-electron chi connectivity index (χ0n) is 25.4. The van der Waals surface area contributed by atoms with Crippen LogP contribution in [0.25, 0.3) is 0 Å². The molecule has 14 heteroatoms. The predicted molar refractivity (Wildman–Crippen MR) is 166 cm³/mol. The molecule has 2 aliphatic heterocycles. The van der Waals surface area contributed by atoms with E-state index in [4.69, 9.17) is 21.4 Å². The van der Waals surface area contributed by atoms with Gasteiger partial charge in [-0.3, -0.25) is 4.79 Å². The average Bonchev–Trinajstić information content (AvgIpc) is 3.04. The lowest BCUT2D eigenvalue weighted by Crippen LogP contribution is -2.53. The summed E-state index contributed by atoms with van der Waals surface area (Å²) in [6.45, 7) is 2.19. The number of likely N-dealkylation sites (tertiary alicyclic amines) is 1. The number of benzene rings is 1. The summed E-state index contributed by atoms with van der Waals surface area (Å²) in [6, 6.07) is 4.58. The molecule has 2 fully saturated rings. The van der Waals surface area contributed by atoms with Crippen LogP contribution in [0, 0.1) is 11.7 Å². The van der Waals surface area contributed by atoms with Crippen molar-refractivity contribution in [1.29, 1.82) is 0 Å². The number of anilines is 1.